The maximum absolute atomic E-state index is 12.2. The van der Waals surface area contributed by atoms with Crippen molar-refractivity contribution in [2.45, 2.75) is 32.9 Å². The lowest BCUT2D eigenvalue weighted by atomic mass is 10.1. The molecule has 3 rings (SSSR count). The average Bonchev–Trinajstić information content (AvgIpc) is 3.16. The van der Waals surface area contributed by atoms with E-state index in [4.69, 9.17) is 0 Å². The van der Waals surface area contributed by atoms with Crippen molar-refractivity contribution < 1.29 is 9.59 Å². The molecule has 0 bridgehead atoms. The minimum absolute atomic E-state index is 0.0711. The first-order valence-corrected chi connectivity index (χ1v) is 10.7. The number of aromatic nitrogens is 2. The lowest BCUT2D eigenvalue weighted by Gasteiger charge is -2.12. The van der Waals surface area contributed by atoms with Gasteiger partial charge in [-0.05, 0) is 56.5 Å². The summed E-state index contributed by atoms with van der Waals surface area (Å²) in [6, 6.07) is 12.0. The van der Waals surface area contributed by atoms with Crippen LogP contribution in [0, 0.1) is 27.7 Å². The van der Waals surface area contributed by atoms with Crippen LogP contribution in [0.1, 0.15) is 22.3 Å². The van der Waals surface area contributed by atoms with Crippen LogP contribution in [0.3, 0.4) is 0 Å². The molecule has 2 aromatic carbocycles. The molecule has 0 fully saturated rings. The van der Waals surface area contributed by atoms with Gasteiger partial charge in [-0.25, -0.2) is 4.98 Å². The highest BCUT2D eigenvalue weighted by Gasteiger charge is 2.12. The molecule has 0 aliphatic rings. The molecule has 2 amide bonds. The number of hydrogen-bond acceptors (Lipinski definition) is 4. The first-order chi connectivity index (χ1) is 14.3. The van der Waals surface area contributed by atoms with Gasteiger partial charge in [-0.2, -0.15) is 0 Å². The Hall–Kier alpha value is -3.06. The van der Waals surface area contributed by atoms with E-state index in [0.717, 1.165) is 33.2 Å². The number of carbonyl (C=O) groups excluding carboxylic acids is 2. The summed E-state index contributed by atoms with van der Waals surface area (Å²) in [5.41, 5.74) is 6.26. The summed E-state index contributed by atoms with van der Waals surface area (Å²) in [6.07, 6.45) is 3.60. The molecule has 1 aromatic heterocycles. The molecular formula is C23H26N4O2S. The molecule has 6 nitrogen and oxygen atoms in total. The van der Waals surface area contributed by atoms with Crippen LogP contribution in [0.25, 0.3) is 5.69 Å². The summed E-state index contributed by atoms with van der Waals surface area (Å²) >= 11 is 1.34. The molecule has 0 saturated heterocycles. The van der Waals surface area contributed by atoms with Crippen LogP contribution in [0.2, 0.25) is 0 Å². The van der Waals surface area contributed by atoms with Gasteiger partial charge < -0.3 is 10.6 Å². The molecule has 0 saturated carbocycles. The number of benzene rings is 2. The van der Waals surface area contributed by atoms with Gasteiger partial charge in [-0.1, -0.05) is 41.6 Å². The lowest BCUT2D eigenvalue weighted by molar-refractivity contribution is -0.122. The number of amides is 2. The van der Waals surface area contributed by atoms with Gasteiger partial charge in [0.05, 0.1) is 18.0 Å². The zero-order valence-corrected chi connectivity index (χ0v) is 18.5. The minimum Gasteiger partial charge on any atom is -0.346 e. The zero-order valence-electron chi connectivity index (χ0n) is 17.7. The fourth-order valence-corrected chi connectivity index (χ4v) is 3.89. The highest BCUT2D eigenvalue weighted by molar-refractivity contribution is 7.99. The van der Waals surface area contributed by atoms with Crippen LogP contribution in [0.5, 0.6) is 0 Å². The molecule has 156 valence electrons. The highest BCUT2D eigenvalue weighted by atomic mass is 32.2. The minimum atomic E-state index is -0.251. The van der Waals surface area contributed by atoms with Gasteiger partial charge in [0.25, 0.3) is 0 Å². The van der Waals surface area contributed by atoms with Crippen molar-refractivity contribution in [3.05, 3.63) is 71.0 Å². The number of imidazole rings is 1. The fourth-order valence-electron chi connectivity index (χ4n) is 3.10. The number of rotatable bonds is 7. The van der Waals surface area contributed by atoms with Gasteiger partial charge in [0.2, 0.25) is 11.8 Å². The molecule has 0 radical (unpaired) electrons. The summed E-state index contributed by atoms with van der Waals surface area (Å²) in [7, 11) is 0. The molecule has 3 aromatic rings. The Bertz CT molecular complexity index is 1070. The molecule has 1 heterocycles. The van der Waals surface area contributed by atoms with Crippen LogP contribution in [-0.2, 0) is 9.59 Å². The van der Waals surface area contributed by atoms with Gasteiger partial charge in [0.1, 0.15) is 0 Å². The third-order valence-electron chi connectivity index (χ3n) is 4.88. The molecule has 7 heteroatoms. The molecule has 2 N–H and O–H groups in total. The topological polar surface area (TPSA) is 76.0 Å². The second-order valence-electron chi connectivity index (χ2n) is 7.23. The smallest absolute Gasteiger partial charge is 0.243 e. The van der Waals surface area contributed by atoms with Crippen molar-refractivity contribution in [3.8, 4) is 5.69 Å². The van der Waals surface area contributed by atoms with Crippen LogP contribution < -0.4 is 10.6 Å². The summed E-state index contributed by atoms with van der Waals surface area (Å²) in [5, 5.41) is 6.24. The molecule has 0 aliphatic heterocycles. The highest BCUT2D eigenvalue weighted by Crippen LogP contribution is 2.23. The largest absolute Gasteiger partial charge is 0.346 e. The SMILES string of the molecule is Cc1ccc(-n2ccnc2SCC(=O)NCC(=O)Nc2cccc(C)c2C)c(C)c1. The van der Waals surface area contributed by atoms with Crippen LogP contribution in [-0.4, -0.2) is 33.7 Å². The monoisotopic (exact) mass is 422 g/mol. The number of nitrogens with one attached hydrogen (secondary N) is 2. The molecular weight excluding hydrogens is 396 g/mol. The standard InChI is InChI=1S/C23H26N4O2S/c1-15-8-9-20(17(3)12-15)27-11-10-24-23(27)30-14-22(29)25-13-21(28)26-19-7-5-6-16(2)18(19)4/h5-12H,13-14H2,1-4H3,(H,25,29)(H,26,28). The predicted molar refractivity (Wildman–Crippen MR) is 121 cm³/mol. The van der Waals surface area contributed by atoms with Crippen molar-refractivity contribution >= 4 is 29.3 Å². The van der Waals surface area contributed by atoms with E-state index in [1.54, 1.807) is 6.20 Å². The third-order valence-corrected chi connectivity index (χ3v) is 5.84. The number of carbonyl (C=O) groups is 2. The Labute approximate surface area is 181 Å². The normalized spacial score (nSPS) is 10.7. The maximum Gasteiger partial charge on any atom is 0.243 e. The van der Waals surface area contributed by atoms with Gasteiger partial charge in [-0.3, -0.25) is 14.2 Å². The number of anilines is 1. The summed E-state index contributed by atoms with van der Waals surface area (Å²) in [6.45, 7) is 7.99. The Morgan fingerprint density at radius 2 is 1.83 bits per heavy atom. The molecule has 30 heavy (non-hydrogen) atoms. The molecule has 0 aliphatic carbocycles. The van der Waals surface area contributed by atoms with E-state index < -0.39 is 0 Å². The van der Waals surface area contributed by atoms with Crippen LogP contribution in [0.4, 0.5) is 5.69 Å². The van der Waals surface area contributed by atoms with E-state index in [2.05, 4.69) is 41.6 Å². The van der Waals surface area contributed by atoms with E-state index >= 15 is 0 Å². The second kappa shape index (κ2) is 9.63. The Morgan fingerprint density at radius 1 is 1.03 bits per heavy atom. The molecule has 0 spiro atoms. The van der Waals surface area contributed by atoms with E-state index in [9.17, 15) is 9.59 Å². The maximum atomic E-state index is 12.2. The van der Waals surface area contributed by atoms with Gasteiger partial charge in [0.15, 0.2) is 5.16 Å². The zero-order chi connectivity index (χ0) is 21.7. The predicted octanol–water partition coefficient (Wildman–Crippen LogP) is 3.95. The van der Waals surface area contributed by atoms with Crippen molar-refractivity contribution in [3.63, 3.8) is 0 Å². The Balaban J connectivity index is 1.53. The quantitative estimate of drug-likeness (QED) is 0.565. The summed E-state index contributed by atoms with van der Waals surface area (Å²) < 4.78 is 1.97. The van der Waals surface area contributed by atoms with Crippen LogP contribution in [0.15, 0.2) is 53.9 Å². The van der Waals surface area contributed by atoms with Gasteiger partial charge in [0, 0.05) is 18.1 Å². The van der Waals surface area contributed by atoms with Gasteiger partial charge >= 0.3 is 0 Å². The number of nitrogens with zero attached hydrogens (tertiary/aromatic N) is 2. The molecule has 0 unspecified atom stereocenters. The molecule has 0 atom stereocenters. The second-order valence-corrected chi connectivity index (χ2v) is 8.17. The van der Waals surface area contributed by atoms with E-state index in [0.29, 0.717) is 0 Å². The first-order valence-electron chi connectivity index (χ1n) is 9.71. The van der Waals surface area contributed by atoms with Crippen molar-refractivity contribution in [2.24, 2.45) is 0 Å². The van der Waals surface area contributed by atoms with E-state index in [-0.39, 0.29) is 24.1 Å². The summed E-state index contributed by atoms with van der Waals surface area (Å²) in [4.78, 5) is 28.8. The third kappa shape index (κ3) is 5.30. The van der Waals surface area contributed by atoms with E-state index in [1.807, 2.05) is 48.9 Å². The number of aryl methyl sites for hydroxylation is 3. The van der Waals surface area contributed by atoms with Crippen molar-refractivity contribution in [1.29, 1.82) is 0 Å². The fraction of sp³-hybridized carbons (Fsp3) is 0.261. The van der Waals surface area contributed by atoms with Gasteiger partial charge in [-0.15, -0.1) is 0 Å². The first kappa shape index (κ1) is 21.6. The number of thioether (sulfide) groups is 1. The Morgan fingerprint density at radius 3 is 2.60 bits per heavy atom. The van der Waals surface area contributed by atoms with Crippen LogP contribution >= 0.6 is 11.8 Å². The van der Waals surface area contributed by atoms with Crippen molar-refractivity contribution in [2.75, 3.05) is 17.6 Å². The van der Waals surface area contributed by atoms with E-state index in [1.165, 1.54) is 17.3 Å². The number of hydrogen-bond donors (Lipinski definition) is 2. The average molecular weight is 423 g/mol. The van der Waals surface area contributed by atoms with Crippen molar-refractivity contribution in [1.82, 2.24) is 14.9 Å². The summed E-state index contributed by atoms with van der Waals surface area (Å²) in [5.74, 6) is -0.288. The lowest BCUT2D eigenvalue weighted by Crippen LogP contribution is -2.34. The Kier molecular flexibility index (Phi) is 6.95.